The van der Waals surface area contributed by atoms with E-state index in [1.165, 1.54) is 6.26 Å². The minimum absolute atomic E-state index is 0. The van der Waals surface area contributed by atoms with Gasteiger partial charge in [-0.05, 0) is 0 Å². The fourth-order valence-corrected chi connectivity index (χ4v) is 0.303. The smallest absolute Gasteiger partial charge is 1.00 e. The number of rotatable bonds is 1. The van der Waals surface area contributed by atoms with Crippen LogP contribution in [0.4, 0.5) is 0 Å². The van der Waals surface area contributed by atoms with Crippen LogP contribution in [0.1, 0.15) is 2.85 Å². The van der Waals surface area contributed by atoms with E-state index in [0.717, 1.165) is 12.2 Å². The fourth-order valence-electron chi connectivity index (χ4n) is 0.303. The Balaban J connectivity index is -0.0000000650. The van der Waals surface area contributed by atoms with Crippen molar-refractivity contribution in [3.05, 3.63) is 25.0 Å². The molecule has 0 spiro atoms. The molecule has 0 aliphatic carbocycles. The standard InChI is InChI=1S/C4H2O3.C3H6O.Mg.2H/c5-3-1-2-4(6)7-3;1-3-4-2;;;/h1-2H;3H,1H2,2H3;;;/q;;+2;2*-1. The molecule has 1 heterocycles. The van der Waals surface area contributed by atoms with Gasteiger partial charge in [-0.15, -0.1) is 0 Å². The summed E-state index contributed by atoms with van der Waals surface area (Å²) in [5.41, 5.74) is 0. The molecule has 0 fully saturated rings. The minimum atomic E-state index is -0.579. The maximum Gasteiger partial charge on any atom is 2.00 e. The van der Waals surface area contributed by atoms with E-state index in [1.807, 2.05) is 0 Å². The van der Waals surface area contributed by atoms with Gasteiger partial charge in [-0.2, -0.15) is 0 Å². The molecule has 0 aromatic carbocycles. The summed E-state index contributed by atoms with van der Waals surface area (Å²) in [4.78, 5) is 19.8. The van der Waals surface area contributed by atoms with Crippen molar-refractivity contribution in [2.24, 2.45) is 0 Å². The Morgan fingerprint density at radius 3 is 1.92 bits per heavy atom. The summed E-state index contributed by atoms with van der Waals surface area (Å²) in [7, 11) is 1.56. The number of cyclic esters (lactones) is 2. The van der Waals surface area contributed by atoms with Crippen molar-refractivity contribution in [3.8, 4) is 0 Å². The molecule has 0 aromatic rings. The molecular formula is C7H10MgO4. The molecule has 4 nitrogen and oxygen atoms in total. The van der Waals surface area contributed by atoms with E-state index in [2.05, 4.69) is 16.1 Å². The first-order chi connectivity index (χ1) is 5.20. The molecule has 12 heavy (non-hydrogen) atoms. The molecule has 0 amide bonds. The SMILES string of the molecule is C=COC.O=C1C=CC(=O)O1.[H-].[H-].[Mg+2]. The topological polar surface area (TPSA) is 52.6 Å². The third-order valence-corrected chi connectivity index (χ3v) is 0.723. The van der Waals surface area contributed by atoms with E-state index in [-0.39, 0.29) is 25.9 Å². The maximum absolute atomic E-state index is 9.92. The molecule has 0 unspecified atom stereocenters. The first kappa shape index (κ1) is 13.8. The number of methoxy groups -OCH3 is 1. The van der Waals surface area contributed by atoms with Crippen LogP contribution in [0.5, 0.6) is 0 Å². The van der Waals surface area contributed by atoms with Crippen LogP contribution in [-0.4, -0.2) is 42.1 Å². The third kappa shape index (κ3) is 7.30. The van der Waals surface area contributed by atoms with Crippen molar-refractivity contribution < 1.29 is 21.9 Å². The quantitative estimate of drug-likeness (QED) is 0.252. The second-order valence-electron chi connectivity index (χ2n) is 1.48. The van der Waals surface area contributed by atoms with Crippen molar-refractivity contribution in [3.63, 3.8) is 0 Å². The van der Waals surface area contributed by atoms with Gasteiger partial charge in [0.05, 0.1) is 13.4 Å². The van der Waals surface area contributed by atoms with Gasteiger partial charge in [0.1, 0.15) is 0 Å². The van der Waals surface area contributed by atoms with Crippen molar-refractivity contribution in [2.45, 2.75) is 0 Å². The largest absolute Gasteiger partial charge is 2.00 e. The molecule has 0 bridgehead atoms. The van der Waals surface area contributed by atoms with Crippen LogP contribution >= 0.6 is 0 Å². The number of esters is 2. The predicted molar refractivity (Wildman–Crippen MR) is 45.4 cm³/mol. The fraction of sp³-hybridized carbons (Fsp3) is 0.143. The summed E-state index contributed by atoms with van der Waals surface area (Å²) >= 11 is 0. The molecule has 0 aromatic heterocycles. The molecule has 5 heteroatoms. The van der Waals surface area contributed by atoms with Crippen molar-refractivity contribution in [1.82, 2.24) is 0 Å². The predicted octanol–water partition coefficient (Wildman–Crippen LogP) is 0.246. The molecular weight excluding hydrogens is 172 g/mol. The van der Waals surface area contributed by atoms with Gasteiger partial charge in [-0.3, -0.25) is 0 Å². The Kier molecular flexibility index (Phi) is 9.50. The Hall–Kier alpha value is -0.814. The molecule has 1 rings (SSSR count). The number of carbonyl (C=O) groups is 2. The van der Waals surface area contributed by atoms with Gasteiger partial charge in [-0.25, -0.2) is 9.59 Å². The van der Waals surface area contributed by atoms with Crippen LogP contribution in [0.25, 0.3) is 0 Å². The molecule has 1 aliphatic heterocycles. The molecule has 64 valence electrons. The van der Waals surface area contributed by atoms with E-state index in [1.54, 1.807) is 7.11 Å². The molecule has 0 radical (unpaired) electrons. The minimum Gasteiger partial charge on any atom is -1.00 e. The van der Waals surface area contributed by atoms with Gasteiger partial charge in [-0.1, -0.05) is 6.58 Å². The zero-order valence-electron chi connectivity index (χ0n) is 8.78. The van der Waals surface area contributed by atoms with Gasteiger partial charge in [0, 0.05) is 12.2 Å². The van der Waals surface area contributed by atoms with Crippen LogP contribution in [0.3, 0.4) is 0 Å². The second-order valence-corrected chi connectivity index (χ2v) is 1.48. The van der Waals surface area contributed by atoms with E-state index in [9.17, 15) is 9.59 Å². The van der Waals surface area contributed by atoms with Gasteiger partial charge in [0.2, 0.25) is 0 Å². The summed E-state index contributed by atoms with van der Waals surface area (Å²) < 4.78 is 8.28. The van der Waals surface area contributed by atoms with E-state index < -0.39 is 11.9 Å². The first-order valence-corrected chi connectivity index (χ1v) is 2.78. The number of hydrogen-bond acceptors (Lipinski definition) is 4. The summed E-state index contributed by atoms with van der Waals surface area (Å²) in [6.07, 6.45) is 3.55. The van der Waals surface area contributed by atoms with Crippen LogP contribution < -0.4 is 0 Å². The summed E-state index contributed by atoms with van der Waals surface area (Å²) in [6.45, 7) is 3.26. The van der Waals surface area contributed by atoms with Crippen LogP contribution in [0, 0.1) is 0 Å². The monoisotopic (exact) mass is 182 g/mol. The Morgan fingerprint density at radius 1 is 1.50 bits per heavy atom. The van der Waals surface area contributed by atoms with Gasteiger partial charge in [0.15, 0.2) is 0 Å². The van der Waals surface area contributed by atoms with E-state index in [0.29, 0.717) is 0 Å². The molecule has 0 saturated heterocycles. The average molecular weight is 182 g/mol. The Labute approximate surface area is 89.3 Å². The van der Waals surface area contributed by atoms with Gasteiger partial charge in [0.25, 0.3) is 0 Å². The van der Waals surface area contributed by atoms with Crippen molar-refractivity contribution >= 4 is 35.0 Å². The average Bonchev–Trinajstić information content (AvgIpc) is 2.35. The Bertz CT molecular complexity index is 190. The van der Waals surface area contributed by atoms with Gasteiger partial charge >= 0.3 is 35.0 Å². The normalized spacial score (nSPS) is 12.1. The maximum atomic E-state index is 9.92. The van der Waals surface area contributed by atoms with E-state index in [4.69, 9.17) is 0 Å². The van der Waals surface area contributed by atoms with Crippen molar-refractivity contribution in [2.75, 3.05) is 7.11 Å². The number of hydrogen-bond donors (Lipinski definition) is 0. The zero-order chi connectivity index (χ0) is 8.69. The first-order valence-electron chi connectivity index (χ1n) is 2.78. The summed E-state index contributed by atoms with van der Waals surface area (Å²) in [5, 5.41) is 0. The summed E-state index contributed by atoms with van der Waals surface area (Å²) in [5.74, 6) is -1.16. The number of carbonyl (C=O) groups excluding carboxylic acids is 2. The van der Waals surface area contributed by atoms with Crippen LogP contribution in [0.15, 0.2) is 25.0 Å². The van der Waals surface area contributed by atoms with Crippen LogP contribution in [-0.2, 0) is 19.1 Å². The third-order valence-electron chi connectivity index (χ3n) is 0.723. The van der Waals surface area contributed by atoms with Crippen LogP contribution in [0.2, 0.25) is 0 Å². The van der Waals surface area contributed by atoms with Gasteiger partial charge < -0.3 is 12.3 Å². The second kappa shape index (κ2) is 8.28. The zero-order valence-corrected chi connectivity index (χ0v) is 8.19. The molecule has 0 N–H and O–H groups in total. The van der Waals surface area contributed by atoms with Crippen molar-refractivity contribution in [1.29, 1.82) is 0 Å². The molecule has 0 atom stereocenters. The van der Waals surface area contributed by atoms with E-state index >= 15 is 0 Å². The summed E-state index contributed by atoms with van der Waals surface area (Å²) in [6, 6.07) is 0. The molecule has 1 aliphatic rings. The molecule has 0 saturated carbocycles. The Morgan fingerprint density at radius 2 is 1.83 bits per heavy atom. The number of ether oxygens (including phenoxy) is 2.